The van der Waals surface area contributed by atoms with Gasteiger partial charge in [0.2, 0.25) is 5.91 Å². The number of carbonyl (C=O) groups excluding carboxylic acids is 1. The molecule has 0 radical (unpaired) electrons. The first-order valence-electron chi connectivity index (χ1n) is 10.7. The zero-order chi connectivity index (χ0) is 23.2. The molecule has 1 aliphatic rings. The average Bonchev–Trinajstić information content (AvgIpc) is 3.25. The summed E-state index contributed by atoms with van der Waals surface area (Å²) in [5.74, 6) is -0.327. The monoisotopic (exact) mass is 449 g/mol. The second kappa shape index (κ2) is 8.22. The first-order valence-corrected chi connectivity index (χ1v) is 10.7. The number of fused-ring (bicyclic) bond motifs is 1. The zero-order valence-corrected chi connectivity index (χ0v) is 18.6. The van der Waals surface area contributed by atoms with Gasteiger partial charge in [-0.25, -0.2) is 4.98 Å². The third-order valence-electron chi connectivity index (χ3n) is 6.42. The molecule has 32 heavy (non-hydrogen) atoms. The van der Waals surface area contributed by atoms with Gasteiger partial charge in [0.25, 0.3) is 5.71 Å². The van der Waals surface area contributed by atoms with Crippen molar-refractivity contribution in [2.45, 2.75) is 65.6 Å². The smallest absolute Gasteiger partial charge is 0.342 e. The molecule has 3 aromatic rings. The summed E-state index contributed by atoms with van der Waals surface area (Å²) in [7, 11) is 0. The van der Waals surface area contributed by atoms with Crippen molar-refractivity contribution in [3.8, 4) is 0 Å². The van der Waals surface area contributed by atoms with Crippen LogP contribution in [0.4, 0.5) is 13.2 Å². The number of nitrogens with zero attached hydrogens (tertiary/aromatic N) is 5. The molecule has 10 heteroatoms. The fourth-order valence-electron chi connectivity index (χ4n) is 4.36. The number of hydrogen-bond acceptors (Lipinski definition) is 5. The first-order chi connectivity index (χ1) is 15.1. The lowest BCUT2D eigenvalue weighted by Crippen LogP contribution is -2.39. The van der Waals surface area contributed by atoms with E-state index in [2.05, 4.69) is 15.2 Å². The normalized spacial score (nSPS) is 17.3. The van der Waals surface area contributed by atoms with Crippen molar-refractivity contribution in [2.75, 3.05) is 13.1 Å². The summed E-state index contributed by atoms with van der Waals surface area (Å²) < 4.78 is 47.9. The van der Waals surface area contributed by atoms with E-state index in [4.69, 9.17) is 4.52 Å². The molecular weight excluding hydrogens is 423 g/mol. The number of halogens is 3. The number of pyridine rings is 1. The minimum Gasteiger partial charge on any atom is -0.342 e. The second-order valence-corrected chi connectivity index (χ2v) is 8.49. The van der Waals surface area contributed by atoms with Gasteiger partial charge in [-0.1, -0.05) is 5.16 Å². The fraction of sp³-hybridized carbons (Fsp3) is 0.545. The summed E-state index contributed by atoms with van der Waals surface area (Å²) >= 11 is 0. The molecule has 1 amide bonds. The van der Waals surface area contributed by atoms with Crippen LogP contribution >= 0.6 is 0 Å². The van der Waals surface area contributed by atoms with Crippen molar-refractivity contribution in [3.63, 3.8) is 0 Å². The number of hydrogen-bond donors (Lipinski definition) is 0. The van der Waals surface area contributed by atoms with E-state index < -0.39 is 11.7 Å². The number of rotatable bonds is 4. The summed E-state index contributed by atoms with van der Waals surface area (Å²) in [6, 6.07) is 1.09. The predicted molar refractivity (Wildman–Crippen MR) is 111 cm³/mol. The third-order valence-corrected chi connectivity index (χ3v) is 6.42. The lowest BCUT2D eigenvalue weighted by atomic mass is 9.92. The molecule has 0 bridgehead atoms. The Morgan fingerprint density at radius 2 is 1.97 bits per heavy atom. The highest BCUT2D eigenvalue weighted by molar-refractivity contribution is 5.81. The van der Waals surface area contributed by atoms with Gasteiger partial charge in [-0.3, -0.25) is 9.48 Å². The van der Waals surface area contributed by atoms with Crippen molar-refractivity contribution in [2.24, 2.45) is 0 Å². The van der Waals surface area contributed by atoms with Crippen LogP contribution in [0.25, 0.3) is 11.1 Å². The minimum absolute atomic E-state index is 0.0347. The Kier molecular flexibility index (Phi) is 5.72. The van der Waals surface area contributed by atoms with Crippen LogP contribution in [0.1, 0.15) is 59.1 Å². The lowest BCUT2D eigenvalue weighted by Gasteiger charge is -2.32. The largest absolute Gasteiger partial charge is 0.417 e. The van der Waals surface area contributed by atoms with Crippen molar-refractivity contribution >= 4 is 17.0 Å². The molecule has 4 rings (SSSR count). The van der Waals surface area contributed by atoms with Crippen molar-refractivity contribution in [1.82, 2.24) is 24.8 Å². The Hall–Kier alpha value is -2.91. The molecule has 1 atom stereocenters. The van der Waals surface area contributed by atoms with Gasteiger partial charge in [0.05, 0.1) is 28.0 Å². The standard InChI is InChI=1S/C22H26F3N5O2/c1-12-13(2)27-30(15(12)4)9-7-19(31)29-8-5-6-16(11-29)18-10-17(22(23,24)25)20-14(3)28-32-21(20)26-18/h10,16H,5-9,11H2,1-4H3/t16-/m0/s1. The molecule has 3 aromatic heterocycles. The number of piperidine rings is 1. The number of alkyl halides is 3. The number of carbonyl (C=O) groups is 1. The van der Waals surface area contributed by atoms with E-state index in [1.165, 1.54) is 6.92 Å². The molecule has 0 unspecified atom stereocenters. The Morgan fingerprint density at radius 3 is 2.62 bits per heavy atom. The van der Waals surface area contributed by atoms with Crippen molar-refractivity contribution < 1.29 is 22.5 Å². The van der Waals surface area contributed by atoms with Gasteiger partial charge in [-0.05, 0) is 52.2 Å². The highest BCUT2D eigenvalue weighted by atomic mass is 19.4. The molecule has 1 saturated heterocycles. The second-order valence-electron chi connectivity index (χ2n) is 8.49. The van der Waals surface area contributed by atoms with Gasteiger partial charge in [0.15, 0.2) is 0 Å². The minimum atomic E-state index is -4.55. The molecular formula is C22H26F3N5O2. The van der Waals surface area contributed by atoms with Gasteiger partial charge in [-0.2, -0.15) is 18.3 Å². The van der Waals surface area contributed by atoms with Gasteiger partial charge in [0, 0.05) is 37.7 Å². The number of aryl methyl sites for hydroxylation is 3. The summed E-state index contributed by atoms with van der Waals surface area (Å²) in [5, 5.41) is 8.02. The van der Waals surface area contributed by atoms with Crippen LogP contribution in [-0.4, -0.2) is 43.8 Å². The molecule has 1 aliphatic heterocycles. The van der Waals surface area contributed by atoms with Crippen LogP contribution in [0.15, 0.2) is 10.6 Å². The Balaban J connectivity index is 1.52. The number of amides is 1. The quantitative estimate of drug-likeness (QED) is 0.588. The van der Waals surface area contributed by atoms with Crippen LogP contribution in [-0.2, 0) is 17.5 Å². The van der Waals surface area contributed by atoms with Crippen LogP contribution in [0.3, 0.4) is 0 Å². The van der Waals surface area contributed by atoms with E-state index in [0.717, 1.165) is 23.0 Å². The van der Waals surface area contributed by atoms with E-state index in [1.807, 2.05) is 25.5 Å². The average molecular weight is 449 g/mol. The molecule has 0 aromatic carbocycles. The summed E-state index contributed by atoms with van der Waals surface area (Å²) in [4.78, 5) is 18.9. The molecule has 4 heterocycles. The topological polar surface area (TPSA) is 77.0 Å². The fourth-order valence-corrected chi connectivity index (χ4v) is 4.36. The maximum atomic E-state index is 13.7. The predicted octanol–water partition coefficient (Wildman–Crippen LogP) is 4.47. The Bertz CT molecular complexity index is 1160. The van der Waals surface area contributed by atoms with E-state index >= 15 is 0 Å². The van der Waals surface area contributed by atoms with Crippen molar-refractivity contribution in [1.29, 1.82) is 0 Å². The summed E-state index contributed by atoms with van der Waals surface area (Å²) in [6.07, 6.45) is -2.90. The maximum absolute atomic E-state index is 13.7. The van der Waals surface area contributed by atoms with Crippen LogP contribution in [0.5, 0.6) is 0 Å². The Labute approximate surface area is 183 Å². The van der Waals surface area contributed by atoms with Gasteiger partial charge in [0.1, 0.15) is 0 Å². The molecule has 0 saturated carbocycles. The third kappa shape index (κ3) is 4.10. The molecule has 0 N–H and O–H groups in total. The molecule has 0 aliphatic carbocycles. The van der Waals surface area contributed by atoms with Gasteiger partial charge >= 0.3 is 6.18 Å². The lowest BCUT2D eigenvalue weighted by molar-refractivity contribution is -0.136. The highest BCUT2D eigenvalue weighted by Gasteiger charge is 2.37. The zero-order valence-electron chi connectivity index (χ0n) is 18.6. The van der Waals surface area contributed by atoms with Crippen LogP contribution in [0, 0.1) is 27.7 Å². The van der Waals surface area contributed by atoms with Crippen molar-refractivity contribution in [3.05, 3.63) is 40.0 Å². The highest BCUT2D eigenvalue weighted by Crippen LogP contribution is 2.38. The van der Waals surface area contributed by atoms with Crippen LogP contribution in [0.2, 0.25) is 0 Å². The summed E-state index contributed by atoms with van der Waals surface area (Å²) in [6.45, 7) is 8.76. The first kappa shape index (κ1) is 22.3. The molecule has 1 fully saturated rings. The SMILES string of the molecule is Cc1nn(CCC(=O)N2CCC[C@H](c3cc(C(F)(F)F)c4c(C)noc4n3)C2)c(C)c1C. The Morgan fingerprint density at radius 1 is 1.22 bits per heavy atom. The molecule has 0 spiro atoms. The number of likely N-dealkylation sites (tertiary alicyclic amines) is 1. The maximum Gasteiger partial charge on any atom is 0.417 e. The summed E-state index contributed by atoms with van der Waals surface area (Å²) in [5.41, 5.74) is 2.62. The van der Waals surface area contributed by atoms with Crippen LogP contribution < -0.4 is 0 Å². The van der Waals surface area contributed by atoms with E-state index in [9.17, 15) is 18.0 Å². The number of aromatic nitrogens is 4. The van der Waals surface area contributed by atoms with E-state index in [1.54, 1.807) is 4.90 Å². The van der Waals surface area contributed by atoms with Gasteiger partial charge < -0.3 is 9.42 Å². The van der Waals surface area contributed by atoms with E-state index in [-0.39, 0.29) is 40.7 Å². The molecule has 7 nitrogen and oxygen atoms in total. The molecule has 172 valence electrons. The van der Waals surface area contributed by atoms with E-state index in [0.29, 0.717) is 32.5 Å². The van der Waals surface area contributed by atoms with Gasteiger partial charge in [-0.15, -0.1) is 0 Å².